The molecule has 2 heterocycles. The fraction of sp³-hybridized carbons (Fsp3) is 0.412. The number of rotatable bonds is 5. The zero-order chi connectivity index (χ0) is 17.4. The standard InChI is InChI=1S/C17H23N3O3/c1-7-8-12(11(3)23-6)13-9-17(4,5)20-15(18-13)14(16(21)22)10(2)19-20/h7-8,13,18H,1,3,9H2,2,4-6H3,(H,21,22)/b12-8+. The molecule has 0 saturated heterocycles. The number of carboxylic acid groups (broad SMARTS) is 1. The molecule has 0 aromatic carbocycles. The summed E-state index contributed by atoms with van der Waals surface area (Å²) in [6.45, 7) is 13.4. The van der Waals surface area contributed by atoms with Crippen molar-refractivity contribution in [2.24, 2.45) is 0 Å². The number of carbonyl (C=O) groups is 1. The number of aromatic nitrogens is 2. The lowest BCUT2D eigenvalue weighted by atomic mass is 9.88. The minimum absolute atomic E-state index is 0.142. The first kappa shape index (κ1) is 16.9. The van der Waals surface area contributed by atoms with E-state index < -0.39 is 5.97 Å². The van der Waals surface area contributed by atoms with Crippen molar-refractivity contribution in [2.45, 2.75) is 38.8 Å². The number of ether oxygens (including phenoxy) is 1. The van der Waals surface area contributed by atoms with Crippen LogP contribution in [0.4, 0.5) is 5.82 Å². The van der Waals surface area contributed by atoms with Gasteiger partial charge < -0.3 is 15.2 Å². The third-order valence-electron chi connectivity index (χ3n) is 4.10. The molecule has 0 radical (unpaired) electrons. The Morgan fingerprint density at radius 2 is 2.22 bits per heavy atom. The van der Waals surface area contributed by atoms with Crippen molar-refractivity contribution >= 4 is 11.8 Å². The average Bonchev–Trinajstić information content (AvgIpc) is 2.80. The van der Waals surface area contributed by atoms with Gasteiger partial charge in [-0.2, -0.15) is 5.10 Å². The van der Waals surface area contributed by atoms with Crippen molar-refractivity contribution in [3.63, 3.8) is 0 Å². The molecule has 6 nitrogen and oxygen atoms in total. The van der Waals surface area contributed by atoms with Gasteiger partial charge in [0.15, 0.2) is 0 Å². The van der Waals surface area contributed by atoms with Gasteiger partial charge in [-0.05, 0) is 27.2 Å². The Morgan fingerprint density at radius 1 is 1.57 bits per heavy atom. The molecular formula is C17H23N3O3. The largest absolute Gasteiger partial charge is 0.497 e. The number of hydrogen-bond donors (Lipinski definition) is 2. The van der Waals surface area contributed by atoms with E-state index in [1.165, 1.54) is 0 Å². The van der Waals surface area contributed by atoms with Crippen LogP contribution in [0.15, 0.2) is 36.6 Å². The highest BCUT2D eigenvalue weighted by molar-refractivity contribution is 5.95. The summed E-state index contributed by atoms with van der Waals surface area (Å²) in [6.07, 6.45) is 4.21. The molecule has 0 fully saturated rings. The SMILES string of the molecule is C=C/C=C(\C(=C)OC)C1CC(C)(C)n2nc(C)c(C(=O)O)c2N1. The third-order valence-corrected chi connectivity index (χ3v) is 4.10. The molecule has 0 aliphatic carbocycles. The summed E-state index contributed by atoms with van der Waals surface area (Å²) in [5.74, 6) is 0.0439. The molecule has 1 aromatic rings. The normalized spacial score (nSPS) is 19.5. The maximum absolute atomic E-state index is 11.6. The number of methoxy groups -OCH3 is 1. The van der Waals surface area contributed by atoms with Gasteiger partial charge in [-0.15, -0.1) is 0 Å². The number of aromatic carboxylic acids is 1. The number of anilines is 1. The molecule has 1 aromatic heterocycles. The molecular weight excluding hydrogens is 294 g/mol. The number of nitrogens with zero attached hydrogens (tertiary/aromatic N) is 2. The van der Waals surface area contributed by atoms with Crippen molar-refractivity contribution in [1.29, 1.82) is 0 Å². The summed E-state index contributed by atoms with van der Waals surface area (Å²) in [7, 11) is 1.56. The van der Waals surface area contributed by atoms with E-state index >= 15 is 0 Å². The smallest absolute Gasteiger partial charge is 0.341 e. The molecule has 0 bridgehead atoms. The van der Waals surface area contributed by atoms with Crippen molar-refractivity contribution in [3.8, 4) is 0 Å². The van der Waals surface area contributed by atoms with Gasteiger partial charge in [0.05, 0.1) is 24.4 Å². The van der Waals surface area contributed by atoms with E-state index in [9.17, 15) is 9.90 Å². The summed E-state index contributed by atoms with van der Waals surface area (Å²) < 4.78 is 7.02. The highest BCUT2D eigenvalue weighted by atomic mass is 16.5. The van der Waals surface area contributed by atoms with Crippen LogP contribution < -0.4 is 5.32 Å². The van der Waals surface area contributed by atoms with Crippen molar-refractivity contribution in [1.82, 2.24) is 9.78 Å². The number of hydrogen-bond acceptors (Lipinski definition) is 4. The van der Waals surface area contributed by atoms with Crippen LogP contribution in [-0.2, 0) is 10.3 Å². The van der Waals surface area contributed by atoms with Crippen LogP contribution in [0.2, 0.25) is 0 Å². The Bertz CT molecular complexity index is 698. The summed E-state index contributed by atoms with van der Waals surface area (Å²) in [5.41, 5.74) is 1.19. The van der Waals surface area contributed by atoms with Crippen LogP contribution in [0, 0.1) is 6.92 Å². The minimum atomic E-state index is -0.993. The third kappa shape index (κ3) is 2.88. The quantitative estimate of drug-likeness (QED) is 0.645. The van der Waals surface area contributed by atoms with E-state index in [0.717, 1.165) is 5.57 Å². The molecule has 1 atom stereocenters. The zero-order valence-electron chi connectivity index (χ0n) is 14.0. The van der Waals surface area contributed by atoms with Gasteiger partial charge in [0.25, 0.3) is 0 Å². The van der Waals surface area contributed by atoms with Crippen LogP contribution in [0.25, 0.3) is 0 Å². The highest BCUT2D eigenvalue weighted by Crippen LogP contribution is 2.38. The van der Waals surface area contributed by atoms with E-state index in [2.05, 4.69) is 23.6 Å². The lowest BCUT2D eigenvalue weighted by molar-refractivity contribution is 0.0697. The van der Waals surface area contributed by atoms with Gasteiger partial charge in [-0.1, -0.05) is 25.3 Å². The van der Waals surface area contributed by atoms with E-state index in [0.29, 0.717) is 23.7 Å². The molecule has 1 aliphatic heterocycles. The van der Waals surface area contributed by atoms with Crippen molar-refractivity contribution < 1.29 is 14.6 Å². The first-order chi connectivity index (χ1) is 10.7. The Balaban J connectivity index is 2.55. The van der Waals surface area contributed by atoms with Crippen molar-refractivity contribution in [2.75, 3.05) is 12.4 Å². The lowest BCUT2D eigenvalue weighted by Gasteiger charge is -2.39. The minimum Gasteiger partial charge on any atom is -0.497 e. The number of fused-ring (bicyclic) bond motifs is 1. The number of carboxylic acids is 1. The van der Waals surface area contributed by atoms with Crippen LogP contribution in [0.5, 0.6) is 0 Å². The Labute approximate surface area is 136 Å². The second kappa shape index (κ2) is 5.95. The predicted molar refractivity (Wildman–Crippen MR) is 89.7 cm³/mol. The topological polar surface area (TPSA) is 76.4 Å². The monoisotopic (exact) mass is 317 g/mol. The predicted octanol–water partition coefficient (Wildman–Crippen LogP) is 3.08. The average molecular weight is 317 g/mol. The fourth-order valence-electron chi connectivity index (χ4n) is 2.99. The molecule has 2 N–H and O–H groups in total. The molecule has 124 valence electrons. The van der Waals surface area contributed by atoms with E-state index in [4.69, 9.17) is 4.74 Å². The molecule has 0 saturated carbocycles. The Morgan fingerprint density at radius 3 is 2.74 bits per heavy atom. The number of allylic oxidation sites excluding steroid dienone is 2. The molecule has 1 unspecified atom stereocenters. The van der Waals surface area contributed by atoms with Gasteiger partial charge in [0.1, 0.15) is 17.1 Å². The summed E-state index contributed by atoms with van der Waals surface area (Å²) in [5, 5.41) is 17.2. The summed E-state index contributed by atoms with van der Waals surface area (Å²) >= 11 is 0. The molecule has 0 amide bonds. The van der Waals surface area contributed by atoms with Crippen molar-refractivity contribution in [3.05, 3.63) is 47.9 Å². The van der Waals surface area contributed by atoms with Gasteiger partial charge in [0.2, 0.25) is 0 Å². The van der Waals surface area contributed by atoms with Gasteiger partial charge in [-0.3, -0.25) is 0 Å². The Hall–Kier alpha value is -2.50. The zero-order valence-corrected chi connectivity index (χ0v) is 14.0. The Kier molecular flexibility index (Phi) is 4.36. The fourth-order valence-corrected chi connectivity index (χ4v) is 2.99. The van der Waals surface area contributed by atoms with Gasteiger partial charge in [-0.25, -0.2) is 9.48 Å². The maximum Gasteiger partial charge on any atom is 0.341 e. The highest BCUT2D eigenvalue weighted by Gasteiger charge is 2.39. The van der Waals surface area contributed by atoms with Crippen LogP contribution in [0.3, 0.4) is 0 Å². The van der Waals surface area contributed by atoms with E-state index in [1.807, 2.05) is 19.9 Å². The first-order valence-electron chi connectivity index (χ1n) is 7.38. The number of aryl methyl sites for hydroxylation is 1. The maximum atomic E-state index is 11.6. The molecule has 23 heavy (non-hydrogen) atoms. The molecule has 0 spiro atoms. The lowest BCUT2D eigenvalue weighted by Crippen LogP contribution is -2.43. The first-order valence-corrected chi connectivity index (χ1v) is 7.38. The second-order valence-corrected chi connectivity index (χ2v) is 6.22. The van der Waals surface area contributed by atoms with E-state index in [-0.39, 0.29) is 17.1 Å². The molecule has 6 heteroatoms. The van der Waals surface area contributed by atoms with Crippen LogP contribution in [0.1, 0.15) is 36.3 Å². The summed E-state index contributed by atoms with van der Waals surface area (Å²) in [6, 6.07) is -0.142. The van der Waals surface area contributed by atoms with Gasteiger partial charge in [0, 0.05) is 5.57 Å². The number of nitrogens with one attached hydrogen (secondary N) is 1. The molecule has 1 aliphatic rings. The van der Waals surface area contributed by atoms with Gasteiger partial charge >= 0.3 is 5.97 Å². The van der Waals surface area contributed by atoms with Crippen LogP contribution >= 0.6 is 0 Å². The molecule has 2 rings (SSSR count). The van der Waals surface area contributed by atoms with Crippen LogP contribution in [-0.4, -0.2) is 34.0 Å². The summed E-state index contributed by atoms with van der Waals surface area (Å²) in [4.78, 5) is 11.6. The second-order valence-electron chi connectivity index (χ2n) is 6.22. The van der Waals surface area contributed by atoms with E-state index in [1.54, 1.807) is 24.8 Å².